The number of nitrogens with two attached hydrogens (primary N) is 2. The summed E-state index contributed by atoms with van der Waals surface area (Å²) in [5, 5.41) is 3.79. The molecule has 0 spiro atoms. The third kappa shape index (κ3) is 3.33. The normalized spacial score (nSPS) is 22.4. The smallest absolute Gasteiger partial charge is 0.226 e. The monoisotopic (exact) mass is 355 g/mol. The maximum absolute atomic E-state index is 6.43. The standard InChI is InChI=1S/C17H18ClN7/c18-11-3-4-15(21-8-11)17(20)23-6-5-13(25-17)12-9-22-16(19)24-14(12)7-10-1-2-10/h3-6,8-10,25H,1-2,7,20H2,(H2,19,22,24). The van der Waals surface area contributed by atoms with Crippen molar-refractivity contribution >= 4 is 29.5 Å². The van der Waals surface area contributed by atoms with Crippen LogP contribution in [0.15, 0.2) is 35.6 Å². The molecule has 1 fully saturated rings. The highest BCUT2D eigenvalue weighted by atomic mass is 35.5. The van der Waals surface area contributed by atoms with Crippen LogP contribution in [0.1, 0.15) is 29.8 Å². The number of aromatic nitrogens is 3. The minimum Gasteiger partial charge on any atom is -0.368 e. The van der Waals surface area contributed by atoms with Gasteiger partial charge in [-0.15, -0.1) is 0 Å². The summed E-state index contributed by atoms with van der Waals surface area (Å²) in [5.41, 5.74) is 15.4. The number of nitrogens with zero attached hydrogens (tertiary/aromatic N) is 4. The number of halogens is 1. The maximum atomic E-state index is 6.43. The Labute approximate surface area is 150 Å². The Morgan fingerprint density at radius 3 is 2.80 bits per heavy atom. The van der Waals surface area contributed by atoms with Crippen molar-refractivity contribution in [1.29, 1.82) is 0 Å². The van der Waals surface area contributed by atoms with Gasteiger partial charge in [-0.25, -0.2) is 15.0 Å². The first-order chi connectivity index (χ1) is 12.0. The Kier molecular flexibility index (Phi) is 3.89. The zero-order valence-electron chi connectivity index (χ0n) is 13.5. The van der Waals surface area contributed by atoms with Gasteiger partial charge in [-0.05, 0) is 43.4 Å². The second-order valence-electron chi connectivity index (χ2n) is 6.35. The van der Waals surface area contributed by atoms with Crippen molar-refractivity contribution in [2.45, 2.75) is 25.0 Å². The summed E-state index contributed by atoms with van der Waals surface area (Å²) in [6.07, 6.45) is 10.1. The maximum Gasteiger partial charge on any atom is 0.226 e. The second kappa shape index (κ2) is 6.09. The van der Waals surface area contributed by atoms with Crippen LogP contribution in [0.25, 0.3) is 5.70 Å². The molecule has 2 aromatic heterocycles. The molecule has 0 radical (unpaired) electrons. The largest absolute Gasteiger partial charge is 0.368 e. The average Bonchev–Trinajstić information content (AvgIpc) is 3.39. The van der Waals surface area contributed by atoms with E-state index in [0.29, 0.717) is 16.6 Å². The number of nitrogen functional groups attached to an aromatic ring is 1. The van der Waals surface area contributed by atoms with Crippen molar-refractivity contribution in [2.24, 2.45) is 16.6 Å². The van der Waals surface area contributed by atoms with Crippen LogP contribution in [0.2, 0.25) is 5.02 Å². The molecule has 1 aliphatic carbocycles. The topological polar surface area (TPSA) is 115 Å². The van der Waals surface area contributed by atoms with E-state index in [-0.39, 0.29) is 5.95 Å². The zero-order chi connectivity index (χ0) is 17.4. The molecule has 128 valence electrons. The summed E-state index contributed by atoms with van der Waals surface area (Å²) in [5.74, 6) is -0.221. The molecule has 0 aromatic carbocycles. The van der Waals surface area contributed by atoms with E-state index in [1.54, 1.807) is 30.7 Å². The van der Waals surface area contributed by atoms with E-state index in [9.17, 15) is 0 Å². The van der Waals surface area contributed by atoms with Gasteiger partial charge in [-0.1, -0.05) is 11.6 Å². The summed E-state index contributed by atoms with van der Waals surface area (Å²) in [4.78, 5) is 17.2. The lowest BCUT2D eigenvalue weighted by atomic mass is 10.0. The van der Waals surface area contributed by atoms with Gasteiger partial charge < -0.3 is 11.1 Å². The predicted molar refractivity (Wildman–Crippen MR) is 97.6 cm³/mol. The molecule has 4 rings (SSSR count). The lowest BCUT2D eigenvalue weighted by Gasteiger charge is -2.31. The molecule has 1 unspecified atom stereocenters. The number of anilines is 1. The van der Waals surface area contributed by atoms with E-state index >= 15 is 0 Å². The number of aliphatic imine (C=N–C) groups is 1. The van der Waals surface area contributed by atoms with Crippen molar-refractivity contribution in [1.82, 2.24) is 20.3 Å². The van der Waals surface area contributed by atoms with Gasteiger partial charge in [0.05, 0.1) is 10.7 Å². The van der Waals surface area contributed by atoms with Crippen LogP contribution in [0, 0.1) is 5.92 Å². The Balaban J connectivity index is 1.66. The van der Waals surface area contributed by atoms with Gasteiger partial charge in [0.2, 0.25) is 11.7 Å². The van der Waals surface area contributed by atoms with Crippen LogP contribution < -0.4 is 16.8 Å². The van der Waals surface area contributed by atoms with Crippen molar-refractivity contribution < 1.29 is 0 Å². The van der Waals surface area contributed by atoms with Gasteiger partial charge in [0, 0.05) is 29.9 Å². The van der Waals surface area contributed by atoms with Crippen molar-refractivity contribution in [2.75, 3.05) is 5.73 Å². The third-order valence-corrected chi connectivity index (χ3v) is 4.54. The molecule has 0 saturated heterocycles. The minimum absolute atomic E-state index is 0.280. The van der Waals surface area contributed by atoms with Crippen LogP contribution in [0.4, 0.5) is 5.95 Å². The van der Waals surface area contributed by atoms with Crippen LogP contribution in [-0.4, -0.2) is 21.2 Å². The van der Waals surface area contributed by atoms with E-state index in [1.807, 2.05) is 6.08 Å². The van der Waals surface area contributed by atoms with Crippen molar-refractivity contribution in [3.63, 3.8) is 0 Å². The second-order valence-corrected chi connectivity index (χ2v) is 6.78. The van der Waals surface area contributed by atoms with E-state index in [2.05, 4.69) is 25.3 Å². The highest BCUT2D eigenvalue weighted by molar-refractivity contribution is 6.30. The highest BCUT2D eigenvalue weighted by Gasteiger charge is 2.32. The lowest BCUT2D eigenvalue weighted by Crippen LogP contribution is -2.50. The van der Waals surface area contributed by atoms with Crippen LogP contribution >= 0.6 is 11.6 Å². The Hall–Kier alpha value is -2.51. The summed E-state index contributed by atoms with van der Waals surface area (Å²) in [7, 11) is 0. The number of nitrogens with one attached hydrogen (secondary N) is 1. The minimum atomic E-state index is -1.17. The molecule has 0 amide bonds. The fourth-order valence-corrected chi connectivity index (χ4v) is 2.92. The summed E-state index contributed by atoms with van der Waals surface area (Å²) >= 11 is 5.91. The first-order valence-corrected chi connectivity index (χ1v) is 8.48. The Morgan fingerprint density at radius 1 is 1.24 bits per heavy atom. The molecule has 3 heterocycles. The van der Waals surface area contributed by atoms with Gasteiger partial charge in [0.25, 0.3) is 0 Å². The summed E-state index contributed by atoms with van der Waals surface area (Å²) < 4.78 is 0. The van der Waals surface area contributed by atoms with Gasteiger partial charge in [0.1, 0.15) is 5.69 Å². The van der Waals surface area contributed by atoms with Gasteiger partial charge in [-0.3, -0.25) is 10.7 Å². The molecule has 1 saturated carbocycles. The molecule has 7 nitrogen and oxygen atoms in total. The molecular formula is C17H18ClN7. The van der Waals surface area contributed by atoms with Gasteiger partial charge in [-0.2, -0.15) is 0 Å². The SMILES string of the molecule is Nc1ncc(C2=CC=NC(N)(c3ccc(Cl)cn3)N2)c(CC2CC2)n1. The molecule has 1 atom stereocenters. The van der Waals surface area contributed by atoms with Crippen LogP contribution in [0.5, 0.6) is 0 Å². The number of rotatable bonds is 4. The van der Waals surface area contributed by atoms with E-state index in [4.69, 9.17) is 23.1 Å². The molecule has 2 aromatic rings. The van der Waals surface area contributed by atoms with E-state index in [0.717, 1.165) is 23.4 Å². The lowest BCUT2D eigenvalue weighted by molar-refractivity contribution is 0.409. The Morgan fingerprint density at radius 2 is 2.08 bits per heavy atom. The predicted octanol–water partition coefficient (Wildman–Crippen LogP) is 1.84. The molecule has 2 aliphatic rings. The van der Waals surface area contributed by atoms with Crippen molar-refractivity contribution in [3.8, 4) is 0 Å². The van der Waals surface area contributed by atoms with Gasteiger partial charge in [0.15, 0.2) is 0 Å². The number of pyridine rings is 1. The van der Waals surface area contributed by atoms with Crippen LogP contribution in [-0.2, 0) is 12.2 Å². The zero-order valence-corrected chi connectivity index (χ0v) is 14.2. The van der Waals surface area contributed by atoms with E-state index < -0.39 is 5.79 Å². The summed E-state index contributed by atoms with van der Waals surface area (Å²) in [6, 6.07) is 3.48. The van der Waals surface area contributed by atoms with Crippen molar-refractivity contribution in [3.05, 3.63) is 52.6 Å². The van der Waals surface area contributed by atoms with E-state index in [1.165, 1.54) is 12.8 Å². The molecule has 8 heteroatoms. The molecule has 1 aliphatic heterocycles. The number of hydrogen-bond donors (Lipinski definition) is 3. The molecule has 0 bridgehead atoms. The third-order valence-electron chi connectivity index (χ3n) is 4.32. The highest BCUT2D eigenvalue weighted by Crippen LogP contribution is 2.34. The molecular weight excluding hydrogens is 338 g/mol. The fraction of sp³-hybridized carbons (Fsp3) is 0.294. The fourth-order valence-electron chi connectivity index (χ4n) is 2.81. The first kappa shape index (κ1) is 16.0. The number of allylic oxidation sites excluding steroid dienone is 1. The molecule has 25 heavy (non-hydrogen) atoms. The van der Waals surface area contributed by atoms with Gasteiger partial charge >= 0.3 is 0 Å². The molecule has 5 N–H and O–H groups in total. The van der Waals surface area contributed by atoms with Crippen LogP contribution in [0.3, 0.4) is 0 Å². The summed E-state index contributed by atoms with van der Waals surface area (Å²) in [6.45, 7) is 0. The first-order valence-electron chi connectivity index (χ1n) is 8.10. The average molecular weight is 356 g/mol. The quantitative estimate of drug-likeness (QED) is 0.770. The number of hydrogen-bond acceptors (Lipinski definition) is 7. The Bertz CT molecular complexity index is 858.